The highest BCUT2D eigenvalue weighted by Crippen LogP contribution is 2.89. The molecule has 0 aliphatic heterocycles. The summed E-state index contributed by atoms with van der Waals surface area (Å²) < 4.78 is 0. The molecule has 2 spiro atoms. The van der Waals surface area contributed by atoms with Crippen LogP contribution in [0.1, 0.15) is 112 Å². The fraction of sp³-hybridized carbons (Fsp3) is 0.967. The fourth-order valence-corrected chi connectivity index (χ4v) is 11.2. The minimum Gasteiger partial charge on any atom is -0.396 e. The maximum atomic E-state index is 12.3. The first kappa shape index (κ1) is 24.3. The number of hydrogen-bond donors (Lipinski definition) is 2. The van der Waals surface area contributed by atoms with Gasteiger partial charge in [-0.2, -0.15) is 0 Å². The van der Waals surface area contributed by atoms with Crippen LogP contribution < -0.4 is 0 Å². The first-order valence-electron chi connectivity index (χ1n) is 14.2. The molecule has 0 unspecified atom stereocenters. The Morgan fingerprint density at radius 1 is 0.879 bits per heavy atom. The third kappa shape index (κ3) is 2.90. The van der Waals surface area contributed by atoms with Crippen molar-refractivity contribution in [1.82, 2.24) is 0 Å². The van der Waals surface area contributed by atoms with Gasteiger partial charge in [-0.25, -0.2) is 0 Å². The van der Waals surface area contributed by atoms with Crippen molar-refractivity contribution in [2.75, 3.05) is 6.61 Å². The highest BCUT2D eigenvalue weighted by atomic mass is 16.3. The van der Waals surface area contributed by atoms with Gasteiger partial charge in [0.05, 0.1) is 12.7 Å². The van der Waals surface area contributed by atoms with Gasteiger partial charge in [-0.15, -0.1) is 0 Å². The molecule has 33 heavy (non-hydrogen) atoms. The Bertz CT molecular complexity index is 806. The van der Waals surface area contributed by atoms with Gasteiger partial charge in [0, 0.05) is 17.8 Å². The van der Waals surface area contributed by atoms with E-state index in [0.717, 1.165) is 31.1 Å². The van der Waals surface area contributed by atoms with Crippen LogP contribution in [0.3, 0.4) is 0 Å². The second kappa shape index (κ2) is 7.55. The lowest BCUT2D eigenvalue weighted by molar-refractivity contribution is -0.174. The molecule has 188 valence electrons. The normalized spacial score (nSPS) is 53.6. The summed E-state index contributed by atoms with van der Waals surface area (Å²) in [4.78, 5) is 12.3. The van der Waals surface area contributed by atoms with Crippen LogP contribution in [-0.2, 0) is 4.79 Å². The van der Waals surface area contributed by atoms with Crippen molar-refractivity contribution in [3.05, 3.63) is 0 Å². The SMILES string of the molecule is CC(C)C(=O)CC[C@@H](C)[C@H]1CC[C@@]2(C)[C@@H]3CC[C@@H]4[C@](C)(CO)[C@@H](O)CC[C@@]45C[C@@]35CC[C@]12C. The Balaban J connectivity index is 1.39. The number of hydrogen-bond acceptors (Lipinski definition) is 3. The molecular formula is C30H50O3. The van der Waals surface area contributed by atoms with Gasteiger partial charge in [-0.05, 0) is 110 Å². The van der Waals surface area contributed by atoms with Crippen LogP contribution in [-0.4, -0.2) is 28.7 Å². The molecule has 2 N–H and O–H groups in total. The first-order chi connectivity index (χ1) is 15.4. The maximum Gasteiger partial charge on any atom is 0.135 e. The van der Waals surface area contributed by atoms with Crippen LogP contribution in [0.5, 0.6) is 0 Å². The quantitative estimate of drug-likeness (QED) is 0.484. The van der Waals surface area contributed by atoms with E-state index in [-0.39, 0.29) is 24.0 Å². The summed E-state index contributed by atoms with van der Waals surface area (Å²) in [6.07, 6.45) is 12.7. The Labute approximate surface area is 202 Å². The molecule has 0 radical (unpaired) electrons. The minimum absolute atomic E-state index is 0.130. The van der Waals surface area contributed by atoms with E-state index >= 15 is 0 Å². The zero-order valence-corrected chi connectivity index (χ0v) is 22.3. The lowest BCUT2D eigenvalue weighted by atomic mass is 9.41. The Morgan fingerprint density at radius 2 is 1.55 bits per heavy atom. The van der Waals surface area contributed by atoms with E-state index < -0.39 is 0 Å². The Morgan fingerprint density at radius 3 is 2.21 bits per heavy atom. The summed E-state index contributed by atoms with van der Waals surface area (Å²) in [5, 5.41) is 21.2. The summed E-state index contributed by atoms with van der Waals surface area (Å²) in [7, 11) is 0. The molecule has 5 saturated carbocycles. The number of ketones is 1. The predicted molar refractivity (Wildman–Crippen MR) is 133 cm³/mol. The fourth-order valence-electron chi connectivity index (χ4n) is 11.2. The number of rotatable bonds is 6. The highest BCUT2D eigenvalue weighted by molar-refractivity contribution is 5.80. The molecule has 0 aromatic heterocycles. The van der Waals surface area contributed by atoms with Crippen LogP contribution in [0.2, 0.25) is 0 Å². The van der Waals surface area contributed by atoms with Crippen molar-refractivity contribution in [2.24, 2.45) is 56.7 Å². The molecule has 0 amide bonds. The summed E-state index contributed by atoms with van der Waals surface area (Å²) in [6, 6.07) is 0. The summed E-state index contributed by atoms with van der Waals surface area (Å²) in [5.74, 6) is 3.24. The lowest BCUT2D eigenvalue weighted by Gasteiger charge is -2.63. The van der Waals surface area contributed by atoms with Gasteiger partial charge in [0.2, 0.25) is 0 Å². The molecule has 10 atom stereocenters. The molecule has 5 aliphatic carbocycles. The van der Waals surface area contributed by atoms with Crippen LogP contribution in [0, 0.1) is 56.7 Å². The van der Waals surface area contributed by atoms with Gasteiger partial charge in [0.15, 0.2) is 0 Å². The number of Topliss-reactive ketones (excluding diaryl/α,β-unsaturated/α-hetero) is 1. The maximum absolute atomic E-state index is 12.3. The largest absolute Gasteiger partial charge is 0.396 e. The summed E-state index contributed by atoms with van der Waals surface area (Å²) in [6.45, 7) is 14.1. The van der Waals surface area contributed by atoms with E-state index in [2.05, 4.69) is 27.7 Å². The van der Waals surface area contributed by atoms with E-state index in [1.165, 1.54) is 51.4 Å². The smallest absolute Gasteiger partial charge is 0.135 e. The molecule has 0 aromatic rings. The number of carbonyl (C=O) groups is 1. The molecule has 3 heteroatoms. The van der Waals surface area contributed by atoms with Crippen molar-refractivity contribution in [2.45, 2.75) is 118 Å². The topological polar surface area (TPSA) is 57.5 Å². The van der Waals surface area contributed by atoms with Crippen LogP contribution >= 0.6 is 0 Å². The second-order valence-electron chi connectivity index (χ2n) is 14.5. The van der Waals surface area contributed by atoms with Crippen LogP contribution in [0.25, 0.3) is 0 Å². The average molecular weight is 459 g/mol. The number of aliphatic hydroxyl groups excluding tert-OH is 2. The number of aliphatic hydroxyl groups is 2. The Hall–Kier alpha value is -0.410. The zero-order chi connectivity index (χ0) is 24.0. The van der Waals surface area contributed by atoms with Crippen LogP contribution in [0.15, 0.2) is 0 Å². The average Bonchev–Trinajstić information content (AvgIpc) is 3.37. The van der Waals surface area contributed by atoms with Crippen molar-refractivity contribution in [3.8, 4) is 0 Å². The third-order valence-electron chi connectivity index (χ3n) is 13.5. The van der Waals surface area contributed by atoms with E-state index in [1.54, 1.807) is 0 Å². The van der Waals surface area contributed by atoms with Crippen LogP contribution in [0.4, 0.5) is 0 Å². The van der Waals surface area contributed by atoms with E-state index in [4.69, 9.17) is 0 Å². The molecule has 5 fully saturated rings. The molecule has 5 aliphatic rings. The van der Waals surface area contributed by atoms with Gasteiger partial charge in [-0.1, -0.05) is 41.5 Å². The summed E-state index contributed by atoms with van der Waals surface area (Å²) >= 11 is 0. The van der Waals surface area contributed by atoms with Crippen molar-refractivity contribution in [3.63, 3.8) is 0 Å². The monoisotopic (exact) mass is 458 g/mol. The van der Waals surface area contributed by atoms with Crippen molar-refractivity contribution >= 4 is 5.78 Å². The minimum atomic E-state index is -0.345. The molecule has 0 aromatic carbocycles. The molecule has 0 bridgehead atoms. The standard InChI is InChI=1S/C30H50O3/c1-19(2)22(32)8-7-20(3)21-11-13-28(6)24-10-9-23-26(4,18-31)25(33)12-14-29(23)17-30(24,29)16-15-27(21,28)5/h19-21,23-25,31,33H,7-18H2,1-6H3/t20-,21-,23-,24+,25+,26+,27-,28+,29-,30+/m1/s1. The van der Waals surface area contributed by atoms with Gasteiger partial charge in [-0.3, -0.25) is 4.79 Å². The van der Waals surface area contributed by atoms with Gasteiger partial charge in [0.1, 0.15) is 5.78 Å². The molecule has 0 saturated heterocycles. The third-order valence-corrected chi connectivity index (χ3v) is 13.5. The molecule has 0 heterocycles. The van der Waals surface area contributed by atoms with Gasteiger partial charge >= 0.3 is 0 Å². The van der Waals surface area contributed by atoms with E-state index in [1.807, 2.05) is 13.8 Å². The van der Waals surface area contributed by atoms with Crippen molar-refractivity contribution in [1.29, 1.82) is 0 Å². The first-order valence-corrected chi connectivity index (χ1v) is 14.2. The second-order valence-corrected chi connectivity index (χ2v) is 14.5. The number of fused-ring (bicyclic) bond motifs is 2. The summed E-state index contributed by atoms with van der Waals surface area (Å²) in [5.41, 5.74) is 1.31. The van der Waals surface area contributed by atoms with Gasteiger partial charge < -0.3 is 10.2 Å². The van der Waals surface area contributed by atoms with E-state index in [0.29, 0.717) is 39.3 Å². The Kier molecular flexibility index (Phi) is 5.55. The molecule has 5 rings (SSSR count). The molecule has 3 nitrogen and oxygen atoms in total. The van der Waals surface area contributed by atoms with Crippen molar-refractivity contribution < 1.29 is 15.0 Å². The number of carbonyl (C=O) groups excluding carboxylic acids is 1. The van der Waals surface area contributed by atoms with E-state index in [9.17, 15) is 15.0 Å². The predicted octanol–water partition coefficient (Wildman–Crippen LogP) is 6.40. The highest BCUT2D eigenvalue weighted by Gasteiger charge is 2.82. The lowest BCUT2D eigenvalue weighted by Crippen LogP contribution is -2.59. The van der Waals surface area contributed by atoms with Gasteiger partial charge in [0.25, 0.3) is 0 Å². The zero-order valence-electron chi connectivity index (χ0n) is 22.3. The molecular weight excluding hydrogens is 408 g/mol.